The molecule has 0 fully saturated rings. The summed E-state index contributed by atoms with van der Waals surface area (Å²) in [4.78, 5) is 25.8. The summed E-state index contributed by atoms with van der Waals surface area (Å²) in [6, 6.07) is 11.6. The number of carbonyl (C=O) groups excluding carboxylic acids is 2. The summed E-state index contributed by atoms with van der Waals surface area (Å²) < 4.78 is 5.58. The highest BCUT2D eigenvalue weighted by atomic mass is 16.3. The number of quaternary nitrogens is 1. The summed E-state index contributed by atoms with van der Waals surface area (Å²) in [6.45, 7) is 6.27. The highest BCUT2D eigenvalue weighted by Gasteiger charge is 2.36. The van der Waals surface area contributed by atoms with Gasteiger partial charge in [-0.25, -0.2) is 5.01 Å². The van der Waals surface area contributed by atoms with E-state index in [0.29, 0.717) is 12.2 Å². The van der Waals surface area contributed by atoms with E-state index >= 15 is 0 Å². The number of rotatable bonds is 7. The van der Waals surface area contributed by atoms with Crippen molar-refractivity contribution in [1.29, 1.82) is 0 Å². The number of amides is 2. The second-order valence-corrected chi connectivity index (χ2v) is 7.92. The number of benzene rings is 1. The van der Waals surface area contributed by atoms with E-state index in [4.69, 9.17) is 4.42 Å². The van der Waals surface area contributed by atoms with E-state index in [9.17, 15) is 9.59 Å². The molecule has 0 saturated heterocycles. The summed E-state index contributed by atoms with van der Waals surface area (Å²) in [7, 11) is 1.83. The topological polar surface area (TPSA) is 79.3 Å². The third-order valence-electron chi connectivity index (χ3n) is 4.79. The third kappa shape index (κ3) is 5.32. The number of carbonyl (C=O) groups is 2. The molecule has 1 aliphatic heterocycles. The molecule has 1 aliphatic rings. The van der Waals surface area contributed by atoms with Crippen molar-refractivity contribution in [1.82, 2.24) is 10.3 Å². The highest BCUT2D eigenvalue weighted by Crippen LogP contribution is 2.32. The van der Waals surface area contributed by atoms with Crippen LogP contribution < -0.4 is 10.2 Å². The van der Waals surface area contributed by atoms with Crippen molar-refractivity contribution in [3.63, 3.8) is 0 Å². The van der Waals surface area contributed by atoms with Crippen molar-refractivity contribution in [3.8, 4) is 0 Å². The number of hydrogen-bond acceptors (Lipinski definition) is 4. The fourth-order valence-corrected chi connectivity index (χ4v) is 3.41. The molecule has 0 spiro atoms. The third-order valence-corrected chi connectivity index (χ3v) is 4.79. The van der Waals surface area contributed by atoms with Crippen LogP contribution in [0.3, 0.4) is 0 Å². The van der Waals surface area contributed by atoms with Crippen LogP contribution in [-0.4, -0.2) is 48.7 Å². The molecule has 7 nitrogen and oxygen atoms in total. The van der Waals surface area contributed by atoms with Crippen LogP contribution in [0.25, 0.3) is 0 Å². The van der Waals surface area contributed by atoms with Crippen molar-refractivity contribution in [2.75, 3.05) is 20.1 Å². The maximum absolute atomic E-state index is 13.0. The van der Waals surface area contributed by atoms with E-state index in [-0.39, 0.29) is 37.0 Å². The lowest BCUT2D eigenvalue weighted by Crippen LogP contribution is -3.11. The average molecular weight is 397 g/mol. The van der Waals surface area contributed by atoms with Crippen molar-refractivity contribution in [3.05, 3.63) is 59.5 Å². The molecule has 2 aromatic rings. The number of hydrogen-bond donors (Lipinski definition) is 2. The SMILES string of the molecule is Cc1ccc(C2=NN(C(=O)C[NH+](C)CC(=O)NC(C)C)[C@H](c3ccco3)C2)cc1. The van der Waals surface area contributed by atoms with Crippen LogP contribution >= 0.6 is 0 Å². The number of aryl methyl sites for hydroxylation is 1. The lowest BCUT2D eigenvalue weighted by molar-refractivity contribution is -0.863. The Bertz CT molecular complexity index is 872. The molecule has 1 aromatic heterocycles. The Morgan fingerprint density at radius 3 is 2.59 bits per heavy atom. The van der Waals surface area contributed by atoms with Gasteiger partial charge in [0.05, 0.1) is 19.0 Å². The van der Waals surface area contributed by atoms with Gasteiger partial charge in [-0.1, -0.05) is 29.8 Å². The van der Waals surface area contributed by atoms with Gasteiger partial charge in [0.2, 0.25) is 0 Å². The molecule has 0 radical (unpaired) electrons. The van der Waals surface area contributed by atoms with Gasteiger partial charge in [0.1, 0.15) is 11.8 Å². The van der Waals surface area contributed by atoms with Gasteiger partial charge in [0.25, 0.3) is 11.8 Å². The molecule has 154 valence electrons. The Morgan fingerprint density at radius 2 is 1.97 bits per heavy atom. The number of nitrogens with one attached hydrogen (secondary N) is 2. The van der Waals surface area contributed by atoms with Crippen LogP contribution in [0.5, 0.6) is 0 Å². The van der Waals surface area contributed by atoms with Crippen LogP contribution in [0.15, 0.2) is 52.2 Å². The Labute approximate surface area is 171 Å². The second kappa shape index (κ2) is 9.05. The largest absolute Gasteiger partial charge is 0.467 e. The molecular weight excluding hydrogens is 368 g/mol. The maximum Gasteiger partial charge on any atom is 0.298 e. The Morgan fingerprint density at radius 1 is 1.24 bits per heavy atom. The van der Waals surface area contributed by atoms with Crippen LogP contribution in [0.2, 0.25) is 0 Å². The molecule has 3 rings (SSSR count). The number of furan rings is 1. The Balaban J connectivity index is 1.74. The van der Waals surface area contributed by atoms with E-state index in [1.54, 1.807) is 6.26 Å². The predicted molar refractivity (Wildman–Crippen MR) is 111 cm³/mol. The molecule has 0 aliphatic carbocycles. The monoisotopic (exact) mass is 397 g/mol. The number of hydrazone groups is 1. The zero-order valence-corrected chi connectivity index (χ0v) is 17.4. The minimum atomic E-state index is -0.272. The molecule has 29 heavy (non-hydrogen) atoms. The first-order valence-corrected chi connectivity index (χ1v) is 9.94. The summed E-state index contributed by atoms with van der Waals surface area (Å²) in [6.07, 6.45) is 2.20. The molecular formula is C22H29N4O3+. The number of nitrogens with zero attached hydrogens (tertiary/aromatic N) is 2. The smallest absolute Gasteiger partial charge is 0.298 e. The maximum atomic E-state index is 13.0. The molecule has 2 atom stereocenters. The lowest BCUT2D eigenvalue weighted by atomic mass is 10.0. The lowest BCUT2D eigenvalue weighted by Gasteiger charge is -2.21. The molecule has 0 bridgehead atoms. The zero-order chi connectivity index (χ0) is 21.0. The molecule has 2 amide bonds. The highest BCUT2D eigenvalue weighted by molar-refractivity contribution is 6.03. The van der Waals surface area contributed by atoms with Gasteiger partial charge in [-0.3, -0.25) is 9.59 Å². The van der Waals surface area contributed by atoms with Gasteiger partial charge < -0.3 is 14.6 Å². The fourth-order valence-electron chi connectivity index (χ4n) is 3.41. The summed E-state index contributed by atoms with van der Waals surface area (Å²) >= 11 is 0. The first-order valence-electron chi connectivity index (χ1n) is 9.94. The van der Waals surface area contributed by atoms with Crippen LogP contribution in [0.1, 0.15) is 43.2 Å². The van der Waals surface area contributed by atoms with Crippen LogP contribution in [0.4, 0.5) is 0 Å². The summed E-state index contributed by atoms with van der Waals surface area (Å²) in [5.74, 6) is 0.501. The van der Waals surface area contributed by atoms with Crippen molar-refractivity contribution in [2.24, 2.45) is 5.10 Å². The quantitative estimate of drug-likeness (QED) is 0.739. The molecule has 0 saturated carbocycles. The minimum absolute atomic E-state index is 0.0712. The number of likely N-dealkylation sites (N-methyl/N-ethyl adjacent to an activating group) is 1. The van der Waals surface area contributed by atoms with Crippen molar-refractivity contribution >= 4 is 17.5 Å². The van der Waals surface area contributed by atoms with Crippen LogP contribution in [-0.2, 0) is 9.59 Å². The average Bonchev–Trinajstić information content (AvgIpc) is 3.31. The first-order chi connectivity index (χ1) is 13.8. The zero-order valence-electron chi connectivity index (χ0n) is 17.4. The first kappa shape index (κ1) is 20.8. The minimum Gasteiger partial charge on any atom is -0.467 e. The fraction of sp³-hybridized carbons (Fsp3) is 0.409. The van der Waals surface area contributed by atoms with E-state index < -0.39 is 0 Å². The van der Waals surface area contributed by atoms with E-state index in [0.717, 1.165) is 16.2 Å². The van der Waals surface area contributed by atoms with Crippen LogP contribution in [0, 0.1) is 6.92 Å². The van der Waals surface area contributed by atoms with E-state index in [2.05, 4.69) is 10.4 Å². The van der Waals surface area contributed by atoms with Crippen molar-refractivity contribution < 1.29 is 18.9 Å². The molecule has 1 unspecified atom stereocenters. The molecule has 2 N–H and O–H groups in total. The van der Waals surface area contributed by atoms with Gasteiger partial charge in [0, 0.05) is 12.5 Å². The summed E-state index contributed by atoms with van der Waals surface area (Å²) in [5.41, 5.74) is 3.03. The van der Waals surface area contributed by atoms with Gasteiger partial charge in [-0.15, -0.1) is 0 Å². The van der Waals surface area contributed by atoms with E-state index in [1.165, 1.54) is 10.6 Å². The van der Waals surface area contributed by atoms with E-state index in [1.807, 2.05) is 64.2 Å². The Hall–Kier alpha value is -2.93. The van der Waals surface area contributed by atoms with Crippen molar-refractivity contribution in [2.45, 2.75) is 39.3 Å². The second-order valence-electron chi connectivity index (χ2n) is 7.92. The Kier molecular flexibility index (Phi) is 6.49. The molecule has 7 heteroatoms. The normalized spacial score (nSPS) is 17.3. The van der Waals surface area contributed by atoms with Gasteiger partial charge >= 0.3 is 0 Å². The van der Waals surface area contributed by atoms with Gasteiger partial charge in [-0.05, 0) is 38.5 Å². The summed E-state index contributed by atoms with van der Waals surface area (Å²) in [5, 5.41) is 9.00. The standard InChI is InChI=1S/C22H28N4O3/c1-15(2)23-21(27)13-25(4)14-22(28)26-19(20-6-5-11-29-20)12-18(24-26)17-9-7-16(3)8-10-17/h5-11,15,19H,12-14H2,1-4H3,(H,23,27)/p+1/t19-/m0/s1. The predicted octanol–water partition coefficient (Wildman–Crippen LogP) is 1.31. The van der Waals surface area contributed by atoms with Gasteiger partial charge in [0.15, 0.2) is 13.1 Å². The van der Waals surface area contributed by atoms with Gasteiger partial charge in [-0.2, -0.15) is 5.10 Å². The molecule has 2 heterocycles. The molecule has 1 aromatic carbocycles.